The van der Waals surface area contributed by atoms with Crippen molar-refractivity contribution in [3.63, 3.8) is 0 Å². The molecule has 3 nitrogen and oxygen atoms in total. The first-order chi connectivity index (χ1) is 9.83. The molecule has 2 aromatic rings. The number of anilines is 2. The van der Waals surface area contributed by atoms with Gasteiger partial charge in [0.1, 0.15) is 0 Å². The molecule has 4 rings (SSSR count). The number of nitrogens with zero attached hydrogens (tertiary/aromatic N) is 2. The van der Waals surface area contributed by atoms with Crippen LogP contribution in [0.15, 0.2) is 30.5 Å². The normalized spacial score (nSPS) is 25.9. The van der Waals surface area contributed by atoms with Crippen molar-refractivity contribution in [3.8, 4) is 0 Å². The fraction of sp³-hybridized carbons (Fsp3) is 0.471. The number of fused-ring (bicyclic) bond motifs is 2. The molecule has 2 heterocycles. The molecule has 0 amide bonds. The van der Waals surface area contributed by atoms with Gasteiger partial charge in [0.25, 0.3) is 0 Å². The molecule has 2 N–H and O–H groups in total. The van der Waals surface area contributed by atoms with Crippen LogP contribution in [0.5, 0.6) is 0 Å². The molecule has 104 valence electrons. The molecule has 0 radical (unpaired) electrons. The maximum Gasteiger partial charge on any atom is 0.0743 e. The number of nitrogens with two attached hydrogens (primary N) is 1. The number of hydrogen-bond acceptors (Lipinski definition) is 3. The lowest BCUT2D eigenvalue weighted by molar-refractivity contribution is 0.363. The third-order valence-corrected chi connectivity index (χ3v) is 5.05. The molecule has 2 fully saturated rings. The first-order valence-electron chi connectivity index (χ1n) is 7.74. The molecule has 1 aliphatic carbocycles. The third kappa shape index (κ3) is 1.84. The molecular formula is C17H21N3. The second kappa shape index (κ2) is 4.65. The molecule has 1 aromatic carbocycles. The third-order valence-electron chi connectivity index (χ3n) is 5.05. The van der Waals surface area contributed by atoms with E-state index in [1.807, 2.05) is 18.3 Å². The Morgan fingerprint density at radius 3 is 2.95 bits per heavy atom. The molecule has 1 aromatic heterocycles. The second-order valence-electron chi connectivity index (χ2n) is 6.20. The van der Waals surface area contributed by atoms with Gasteiger partial charge in [0.05, 0.1) is 5.52 Å². The van der Waals surface area contributed by atoms with E-state index in [2.05, 4.69) is 22.0 Å². The predicted octanol–water partition coefficient (Wildman–Crippen LogP) is 3.59. The van der Waals surface area contributed by atoms with Gasteiger partial charge in [0, 0.05) is 35.5 Å². The summed E-state index contributed by atoms with van der Waals surface area (Å²) in [5, 5.41) is 1.24. The van der Waals surface area contributed by atoms with Crippen molar-refractivity contribution in [1.82, 2.24) is 4.98 Å². The zero-order chi connectivity index (χ0) is 13.5. The van der Waals surface area contributed by atoms with E-state index in [-0.39, 0.29) is 0 Å². The van der Waals surface area contributed by atoms with E-state index < -0.39 is 0 Å². The molecule has 20 heavy (non-hydrogen) atoms. The monoisotopic (exact) mass is 267 g/mol. The van der Waals surface area contributed by atoms with Crippen molar-refractivity contribution in [1.29, 1.82) is 0 Å². The standard InChI is InChI=1S/C17H21N3/c18-13-6-7-14-15(11-13)19-9-8-17(14)20-10-2-4-12-3-1-5-16(12)20/h6-9,11-12,16H,1-5,10,18H2. The minimum Gasteiger partial charge on any atom is -0.399 e. The summed E-state index contributed by atoms with van der Waals surface area (Å²) >= 11 is 0. The van der Waals surface area contributed by atoms with Gasteiger partial charge in [-0.2, -0.15) is 0 Å². The zero-order valence-corrected chi connectivity index (χ0v) is 11.8. The van der Waals surface area contributed by atoms with Crippen LogP contribution in [0.1, 0.15) is 32.1 Å². The predicted molar refractivity (Wildman–Crippen MR) is 83.9 cm³/mol. The lowest BCUT2D eigenvalue weighted by Crippen LogP contribution is -2.42. The SMILES string of the molecule is Nc1ccc2c(N3CCCC4CCCC43)ccnc2c1. The summed E-state index contributed by atoms with van der Waals surface area (Å²) in [6.45, 7) is 1.19. The number of rotatable bonds is 1. The van der Waals surface area contributed by atoms with Crippen LogP contribution in [0.3, 0.4) is 0 Å². The Bertz CT molecular complexity index is 637. The topological polar surface area (TPSA) is 42.1 Å². The minimum atomic E-state index is 0.743. The van der Waals surface area contributed by atoms with Crippen molar-refractivity contribution in [2.75, 3.05) is 17.2 Å². The van der Waals surface area contributed by atoms with E-state index in [9.17, 15) is 0 Å². The number of aromatic nitrogens is 1. The van der Waals surface area contributed by atoms with Crippen molar-refractivity contribution in [3.05, 3.63) is 30.5 Å². The van der Waals surface area contributed by atoms with Crippen LogP contribution in [0, 0.1) is 5.92 Å². The molecule has 2 atom stereocenters. The van der Waals surface area contributed by atoms with E-state index in [1.165, 1.54) is 49.7 Å². The number of benzene rings is 1. The van der Waals surface area contributed by atoms with Gasteiger partial charge in [0.15, 0.2) is 0 Å². The lowest BCUT2D eigenvalue weighted by atomic mass is 9.91. The summed E-state index contributed by atoms with van der Waals surface area (Å²) in [5.74, 6) is 0.903. The lowest BCUT2D eigenvalue weighted by Gasteiger charge is -2.40. The quantitative estimate of drug-likeness (QED) is 0.803. The molecule has 0 spiro atoms. The summed E-state index contributed by atoms with van der Waals surface area (Å²) in [7, 11) is 0. The summed E-state index contributed by atoms with van der Waals surface area (Å²) < 4.78 is 0. The largest absolute Gasteiger partial charge is 0.399 e. The van der Waals surface area contributed by atoms with Crippen LogP contribution in [0.4, 0.5) is 11.4 Å². The average Bonchev–Trinajstić information content (AvgIpc) is 2.94. The molecule has 2 aliphatic rings. The van der Waals surface area contributed by atoms with Gasteiger partial charge in [-0.05, 0) is 55.9 Å². The summed E-state index contributed by atoms with van der Waals surface area (Å²) in [5.41, 5.74) is 9.05. The Kier molecular flexibility index (Phi) is 2.79. The Morgan fingerprint density at radius 1 is 1.10 bits per heavy atom. The van der Waals surface area contributed by atoms with Crippen molar-refractivity contribution in [2.45, 2.75) is 38.1 Å². The molecular weight excluding hydrogens is 246 g/mol. The van der Waals surface area contributed by atoms with Crippen LogP contribution < -0.4 is 10.6 Å². The van der Waals surface area contributed by atoms with E-state index in [1.54, 1.807) is 0 Å². The van der Waals surface area contributed by atoms with Gasteiger partial charge < -0.3 is 10.6 Å². The Labute approximate surface area is 119 Å². The van der Waals surface area contributed by atoms with Crippen LogP contribution >= 0.6 is 0 Å². The summed E-state index contributed by atoms with van der Waals surface area (Å²) in [6, 6.07) is 9.02. The summed E-state index contributed by atoms with van der Waals surface area (Å²) in [6.07, 6.45) is 8.81. The van der Waals surface area contributed by atoms with Crippen LogP contribution in [0.25, 0.3) is 10.9 Å². The number of hydrogen-bond donors (Lipinski definition) is 1. The van der Waals surface area contributed by atoms with Gasteiger partial charge in [-0.3, -0.25) is 4.98 Å². The zero-order valence-electron chi connectivity index (χ0n) is 11.8. The van der Waals surface area contributed by atoms with Gasteiger partial charge in [0.2, 0.25) is 0 Å². The Balaban J connectivity index is 1.81. The van der Waals surface area contributed by atoms with E-state index in [0.717, 1.165) is 23.2 Å². The van der Waals surface area contributed by atoms with Crippen molar-refractivity contribution >= 4 is 22.3 Å². The van der Waals surface area contributed by atoms with Gasteiger partial charge in [-0.25, -0.2) is 0 Å². The average molecular weight is 267 g/mol. The molecule has 1 aliphatic heterocycles. The fourth-order valence-electron chi connectivity index (χ4n) is 4.15. The Morgan fingerprint density at radius 2 is 2.00 bits per heavy atom. The van der Waals surface area contributed by atoms with Gasteiger partial charge in [-0.1, -0.05) is 6.42 Å². The highest BCUT2D eigenvalue weighted by Crippen LogP contribution is 2.40. The Hall–Kier alpha value is -1.77. The smallest absolute Gasteiger partial charge is 0.0743 e. The van der Waals surface area contributed by atoms with E-state index >= 15 is 0 Å². The molecule has 1 saturated heterocycles. The highest BCUT2D eigenvalue weighted by atomic mass is 15.2. The van der Waals surface area contributed by atoms with Gasteiger partial charge in [-0.15, -0.1) is 0 Å². The van der Waals surface area contributed by atoms with Crippen molar-refractivity contribution in [2.24, 2.45) is 5.92 Å². The van der Waals surface area contributed by atoms with Crippen molar-refractivity contribution < 1.29 is 0 Å². The fourth-order valence-corrected chi connectivity index (χ4v) is 4.15. The highest BCUT2D eigenvalue weighted by Gasteiger charge is 2.35. The molecule has 1 saturated carbocycles. The van der Waals surface area contributed by atoms with Crippen LogP contribution in [0.2, 0.25) is 0 Å². The van der Waals surface area contributed by atoms with Crippen LogP contribution in [-0.4, -0.2) is 17.6 Å². The molecule has 0 bridgehead atoms. The highest BCUT2D eigenvalue weighted by molar-refractivity contribution is 5.93. The van der Waals surface area contributed by atoms with Gasteiger partial charge >= 0.3 is 0 Å². The number of piperidine rings is 1. The first kappa shape index (κ1) is 12.0. The van der Waals surface area contributed by atoms with Crippen LogP contribution in [-0.2, 0) is 0 Å². The first-order valence-corrected chi connectivity index (χ1v) is 7.74. The minimum absolute atomic E-state index is 0.743. The van der Waals surface area contributed by atoms with E-state index in [4.69, 9.17) is 5.73 Å². The maximum atomic E-state index is 5.88. The number of nitrogen functional groups attached to an aromatic ring is 1. The number of pyridine rings is 1. The molecule has 2 unspecified atom stereocenters. The summed E-state index contributed by atoms with van der Waals surface area (Å²) in [4.78, 5) is 7.12. The molecule has 3 heteroatoms. The second-order valence-corrected chi connectivity index (χ2v) is 6.20. The van der Waals surface area contributed by atoms with E-state index in [0.29, 0.717) is 0 Å². The maximum absolute atomic E-state index is 5.88.